The van der Waals surface area contributed by atoms with Gasteiger partial charge in [0.2, 0.25) is 0 Å². The van der Waals surface area contributed by atoms with Crippen LogP contribution in [0.3, 0.4) is 0 Å². The minimum atomic E-state index is 0.00685. The third kappa shape index (κ3) is 2.13. The molecule has 0 atom stereocenters. The summed E-state index contributed by atoms with van der Waals surface area (Å²) in [5.74, 6) is 0.186. The highest BCUT2D eigenvalue weighted by Crippen LogP contribution is 2.22. The first-order chi connectivity index (χ1) is 8.15. The lowest BCUT2D eigenvalue weighted by molar-refractivity contribution is 0.0629. The van der Waals surface area contributed by atoms with E-state index in [4.69, 9.17) is 0 Å². The van der Waals surface area contributed by atoms with Gasteiger partial charge in [-0.25, -0.2) is 0 Å². The molecule has 1 heterocycles. The van der Waals surface area contributed by atoms with Gasteiger partial charge in [0, 0.05) is 30.8 Å². The predicted octanol–water partition coefficient (Wildman–Crippen LogP) is 1.13. The molecule has 1 aliphatic rings. The van der Waals surface area contributed by atoms with Gasteiger partial charge in [-0.1, -0.05) is 6.07 Å². The van der Waals surface area contributed by atoms with Gasteiger partial charge in [-0.2, -0.15) is 0 Å². The summed E-state index contributed by atoms with van der Waals surface area (Å²) in [5, 5.41) is 12.8. The number of phenolic OH excluding ortho intramolecular Hbond substituents is 1. The number of phenols is 1. The number of carbonyl (C=O) groups excluding carboxylic acids is 1. The minimum absolute atomic E-state index is 0.00685. The van der Waals surface area contributed by atoms with E-state index in [1.165, 1.54) is 0 Å². The summed E-state index contributed by atoms with van der Waals surface area (Å²) in [7, 11) is 0. The molecule has 1 fully saturated rings. The van der Waals surface area contributed by atoms with E-state index in [0.717, 1.165) is 13.1 Å². The zero-order chi connectivity index (χ0) is 12.4. The predicted molar refractivity (Wildman–Crippen MR) is 66.2 cm³/mol. The van der Waals surface area contributed by atoms with Crippen molar-refractivity contribution in [1.29, 1.82) is 0 Å². The van der Waals surface area contributed by atoms with Crippen molar-refractivity contribution in [3.8, 4) is 5.75 Å². The van der Waals surface area contributed by atoms with Gasteiger partial charge in [0.1, 0.15) is 5.75 Å². The maximum Gasteiger partial charge on any atom is 0.254 e. The molecule has 1 aromatic carbocycles. The van der Waals surface area contributed by atoms with Gasteiger partial charge in [0.15, 0.2) is 0 Å². The van der Waals surface area contributed by atoms with Crippen LogP contribution >= 0.6 is 0 Å². The summed E-state index contributed by atoms with van der Waals surface area (Å²) in [5.41, 5.74) is 1.25. The lowest BCUT2D eigenvalue weighted by Crippen LogP contribution is -2.58. The Kier molecular flexibility index (Phi) is 3.33. The van der Waals surface area contributed by atoms with Crippen LogP contribution in [0, 0.1) is 6.92 Å². The first kappa shape index (κ1) is 11.9. The van der Waals surface area contributed by atoms with Gasteiger partial charge in [-0.05, 0) is 26.0 Å². The number of hydrogen-bond donors (Lipinski definition) is 2. The molecule has 0 saturated carbocycles. The summed E-state index contributed by atoms with van der Waals surface area (Å²) in [4.78, 5) is 14.2. The Hall–Kier alpha value is -1.55. The highest BCUT2D eigenvalue weighted by molar-refractivity contribution is 5.96. The summed E-state index contributed by atoms with van der Waals surface area (Å²) in [6, 6.07) is 5.37. The summed E-state index contributed by atoms with van der Waals surface area (Å²) >= 11 is 0. The third-order valence-electron chi connectivity index (χ3n) is 3.34. The molecule has 0 spiro atoms. The fraction of sp³-hybridized carbons (Fsp3) is 0.462. The highest BCUT2D eigenvalue weighted by Gasteiger charge is 2.28. The topological polar surface area (TPSA) is 52.6 Å². The smallest absolute Gasteiger partial charge is 0.254 e. The van der Waals surface area contributed by atoms with Crippen molar-refractivity contribution in [3.63, 3.8) is 0 Å². The minimum Gasteiger partial charge on any atom is -0.508 e. The zero-order valence-corrected chi connectivity index (χ0v) is 10.2. The van der Waals surface area contributed by atoms with Crippen LogP contribution in [0.25, 0.3) is 0 Å². The molecule has 0 aliphatic carbocycles. The average Bonchev–Trinajstić information content (AvgIpc) is 2.26. The van der Waals surface area contributed by atoms with E-state index in [0.29, 0.717) is 17.7 Å². The quantitative estimate of drug-likeness (QED) is 0.824. The molecule has 2 rings (SSSR count). The average molecular weight is 234 g/mol. The monoisotopic (exact) mass is 234 g/mol. The lowest BCUT2D eigenvalue weighted by Gasteiger charge is -2.37. The van der Waals surface area contributed by atoms with E-state index in [1.54, 1.807) is 25.1 Å². The molecule has 1 amide bonds. The summed E-state index contributed by atoms with van der Waals surface area (Å²) in [6.45, 7) is 6.17. The second kappa shape index (κ2) is 4.75. The van der Waals surface area contributed by atoms with Gasteiger partial charge in [0.05, 0.1) is 6.04 Å². The molecule has 1 aromatic rings. The third-order valence-corrected chi connectivity index (χ3v) is 3.34. The molecule has 4 heteroatoms. The first-order valence-electron chi connectivity index (χ1n) is 5.95. The van der Waals surface area contributed by atoms with Crippen molar-refractivity contribution < 1.29 is 9.90 Å². The van der Waals surface area contributed by atoms with Crippen molar-refractivity contribution >= 4 is 5.91 Å². The Morgan fingerprint density at radius 1 is 1.53 bits per heavy atom. The molecule has 92 valence electrons. The lowest BCUT2D eigenvalue weighted by atomic mass is 10.0. The van der Waals surface area contributed by atoms with Gasteiger partial charge >= 0.3 is 0 Å². The zero-order valence-electron chi connectivity index (χ0n) is 10.2. The number of aromatic hydroxyl groups is 1. The normalized spacial score (nSPS) is 15.4. The van der Waals surface area contributed by atoms with Gasteiger partial charge in [-0.15, -0.1) is 0 Å². The second-order valence-electron chi connectivity index (χ2n) is 4.35. The molecular weight excluding hydrogens is 216 g/mol. The molecule has 0 bridgehead atoms. The number of likely N-dealkylation sites (N-methyl/N-ethyl adjacent to an activating group) is 1. The van der Waals surface area contributed by atoms with Crippen molar-refractivity contribution in [3.05, 3.63) is 29.3 Å². The van der Waals surface area contributed by atoms with Crippen LogP contribution in [0.4, 0.5) is 0 Å². The standard InChI is InChI=1S/C13H18N2O2/c1-3-15(10-7-14-8-10)13(17)11-5-4-6-12(16)9(11)2/h4-6,10,14,16H,3,7-8H2,1-2H3. The van der Waals surface area contributed by atoms with Crippen LogP contribution in [0.15, 0.2) is 18.2 Å². The van der Waals surface area contributed by atoms with E-state index in [1.807, 2.05) is 11.8 Å². The van der Waals surface area contributed by atoms with Crippen LogP contribution in [0.1, 0.15) is 22.8 Å². The summed E-state index contributed by atoms with van der Waals surface area (Å²) < 4.78 is 0. The molecule has 0 radical (unpaired) electrons. The van der Waals surface area contributed by atoms with E-state index < -0.39 is 0 Å². The van der Waals surface area contributed by atoms with Crippen LogP contribution in [-0.4, -0.2) is 41.6 Å². The van der Waals surface area contributed by atoms with Crippen molar-refractivity contribution in [2.75, 3.05) is 19.6 Å². The van der Waals surface area contributed by atoms with E-state index >= 15 is 0 Å². The highest BCUT2D eigenvalue weighted by atomic mass is 16.3. The molecular formula is C13H18N2O2. The number of carbonyl (C=O) groups is 1. The molecule has 1 saturated heterocycles. The fourth-order valence-electron chi connectivity index (χ4n) is 2.07. The number of hydrogen-bond acceptors (Lipinski definition) is 3. The first-order valence-corrected chi connectivity index (χ1v) is 5.95. The van der Waals surface area contributed by atoms with Crippen LogP contribution in [0.2, 0.25) is 0 Å². The van der Waals surface area contributed by atoms with Crippen molar-refractivity contribution in [2.24, 2.45) is 0 Å². The number of amides is 1. The van der Waals surface area contributed by atoms with Gasteiger partial charge < -0.3 is 15.3 Å². The van der Waals surface area contributed by atoms with Crippen LogP contribution in [-0.2, 0) is 0 Å². The fourth-order valence-corrected chi connectivity index (χ4v) is 2.07. The van der Waals surface area contributed by atoms with Crippen LogP contribution in [0.5, 0.6) is 5.75 Å². The van der Waals surface area contributed by atoms with E-state index in [2.05, 4.69) is 5.32 Å². The molecule has 2 N–H and O–H groups in total. The molecule has 1 aliphatic heterocycles. The number of nitrogens with zero attached hydrogens (tertiary/aromatic N) is 1. The largest absolute Gasteiger partial charge is 0.508 e. The molecule has 0 unspecified atom stereocenters. The molecule has 4 nitrogen and oxygen atoms in total. The molecule has 0 aromatic heterocycles. The Morgan fingerprint density at radius 3 is 2.76 bits per heavy atom. The van der Waals surface area contributed by atoms with Gasteiger partial charge in [-0.3, -0.25) is 4.79 Å². The van der Waals surface area contributed by atoms with Crippen LogP contribution < -0.4 is 5.32 Å². The number of benzene rings is 1. The Labute approximate surface area is 101 Å². The van der Waals surface area contributed by atoms with E-state index in [9.17, 15) is 9.90 Å². The Morgan fingerprint density at radius 2 is 2.24 bits per heavy atom. The number of rotatable bonds is 3. The summed E-state index contributed by atoms with van der Waals surface area (Å²) in [6.07, 6.45) is 0. The number of nitrogens with one attached hydrogen (secondary N) is 1. The SMILES string of the molecule is CCN(C(=O)c1cccc(O)c1C)C1CNC1. The maximum atomic E-state index is 12.4. The molecule has 17 heavy (non-hydrogen) atoms. The maximum absolute atomic E-state index is 12.4. The Balaban J connectivity index is 2.25. The van der Waals surface area contributed by atoms with Gasteiger partial charge in [0.25, 0.3) is 5.91 Å². The van der Waals surface area contributed by atoms with Crippen molar-refractivity contribution in [2.45, 2.75) is 19.9 Å². The van der Waals surface area contributed by atoms with Crippen molar-refractivity contribution in [1.82, 2.24) is 10.2 Å². The Bertz CT molecular complexity index is 427. The van der Waals surface area contributed by atoms with E-state index in [-0.39, 0.29) is 17.7 Å². The second-order valence-corrected chi connectivity index (χ2v) is 4.35.